The van der Waals surface area contributed by atoms with Gasteiger partial charge in [0.15, 0.2) is 0 Å². The molecule has 0 saturated heterocycles. The van der Waals surface area contributed by atoms with Gasteiger partial charge in [-0.1, -0.05) is 38.1 Å². The van der Waals surface area contributed by atoms with Crippen LogP contribution in [0.1, 0.15) is 77.6 Å². The Labute approximate surface area is 172 Å². The minimum Gasteiger partial charge on any atom is -0.344 e. The highest BCUT2D eigenvalue weighted by Crippen LogP contribution is 2.38. The third-order valence-corrected chi connectivity index (χ3v) is 5.51. The topological polar surface area (TPSA) is 13.0 Å². The molecule has 2 aliphatic rings. The molecule has 2 unspecified atom stereocenters. The molecule has 0 aliphatic carbocycles. The van der Waals surface area contributed by atoms with E-state index in [0.717, 1.165) is 12.8 Å². The largest absolute Gasteiger partial charge is 0.344 e. The molecule has 0 fully saturated rings. The summed E-state index contributed by atoms with van der Waals surface area (Å²) in [5.41, 5.74) is 2.75. The lowest BCUT2D eigenvalue weighted by Crippen LogP contribution is -2.30. The maximum absolute atomic E-state index is 3.52. The van der Waals surface area contributed by atoms with E-state index in [2.05, 4.69) is 124 Å². The van der Waals surface area contributed by atoms with Crippen LogP contribution >= 0.6 is 0 Å². The zero-order valence-corrected chi connectivity index (χ0v) is 18.1. The Hall–Kier alpha value is -2.10. The summed E-state index contributed by atoms with van der Waals surface area (Å²) in [6.45, 7) is 20.3. The molecule has 4 nitrogen and oxygen atoms in total. The van der Waals surface area contributed by atoms with Crippen molar-refractivity contribution in [1.29, 1.82) is 0 Å². The van der Waals surface area contributed by atoms with E-state index in [0.29, 0.717) is 12.1 Å². The monoisotopic (exact) mass is 378 g/mol. The van der Waals surface area contributed by atoms with Crippen LogP contribution in [0.4, 0.5) is 0 Å². The highest BCUT2D eigenvalue weighted by atomic mass is 15.4. The SMILES string of the molecule is CCC(c1ccccc1C(CC)N1[C]N(C(C)C)C=C1)N1[C]N(C(C)C)C=C1. The van der Waals surface area contributed by atoms with Crippen LogP contribution < -0.4 is 0 Å². The second-order valence-corrected chi connectivity index (χ2v) is 8.09. The summed E-state index contributed by atoms with van der Waals surface area (Å²) >= 11 is 0. The Bertz CT molecular complexity index is 635. The zero-order valence-electron chi connectivity index (χ0n) is 18.1. The van der Waals surface area contributed by atoms with E-state index in [1.807, 2.05) is 0 Å². The summed E-state index contributed by atoms with van der Waals surface area (Å²) in [7, 11) is 0. The molecule has 1 aromatic rings. The van der Waals surface area contributed by atoms with E-state index < -0.39 is 0 Å². The van der Waals surface area contributed by atoms with Gasteiger partial charge in [-0.05, 0) is 51.7 Å². The second-order valence-electron chi connectivity index (χ2n) is 8.09. The van der Waals surface area contributed by atoms with Gasteiger partial charge >= 0.3 is 0 Å². The fraction of sp³-hybridized carbons (Fsp3) is 0.500. The van der Waals surface area contributed by atoms with Crippen molar-refractivity contribution in [2.24, 2.45) is 0 Å². The number of hydrogen-bond acceptors (Lipinski definition) is 4. The lowest BCUT2D eigenvalue weighted by Gasteiger charge is -2.34. The third-order valence-electron chi connectivity index (χ3n) is 5.51. The zero-order chi connectivity index (χ0) is 20.3. The van der Waals surface area contributed by atoms with Gasteiger partial charge in [0.2, 0.25) is 13.3 Å². The molecule has 2 aliphatic heterocycles. The summed E-state index contributed by atoms with van der Waals surface area (Å²) in [4.78, 5) is 8.76. The molecule has 4 heteroatoms. The predicted octanol–water partition coefficient (Wildman–Crippen LogP) is 5.58. The highest BCUT2D eigenvalue weighted by Gasteiger charge is 2.30. The van der Waals surface area contributed by atoms with Crippen LogP contribution in [0.2, 0.25) is 0 Å². The van der Waals surface area contributed by atoms with E-state index in [4.69, 9.17) is 0 Å². The molecule has 2 heterocycles. The molecule has 0 N–H and O–H groups in total. The molecule has 0 spiro atoms. The Kier molecular flexibility index (Phi) is 6.58. The maximum atomic E-state index is 3.52. The first-order chi connectivity index (χ1) is 13.5. The Morgan fingerprint density at radius 3 is 1.29 bits per heavy atom. The van der Waals surface area contributed by atoms with E-state index in [9.17, 15) is 0 Å². The van der Waals surface area contributed by atoms with Crippen molar-refractivity contribution in [2.45, 2.75) is 78.6 Å². The average molecular weight is 379 g/mol. The molecule has 0 bridgehead atoms. The van der Waals surface area contributed by atoms with Crippen LogP contribution in [0, 0.1) is 13.3 Å². The standard InChI is InChI=1S/C24H34N4/c1-7-23(27-15-13-25(17-27)19(3)4)21-11-9-10-12-22(21)24(8-2)28-16-14-26(18-28)20(5)6/h9-16,19-20,23-24H,7-8H2,1-6H3. The molecule has 0 saturated carbocycles. The molecular formula is C24H34N4. The van der Waals surface area contributed by atoms with Crippen molar-refractivity contribution < 1.29 is 0 Å². The first kappa shape index (κ1) is 20.6. The van der Waals surface area contributed by atoms with Crippen LogP contribution in [0.15, 0.2) is 49.1 Å². The molecule has 28 heavy (non-hydrogen) atoms. The molecule has 3 rings (SSSR count). The molecule has 2 atom stereocenters. The lowest BCUT2D eigenvalue weighted by molar-refractivity contribution is 0.237. The smallest absolute Gasteiger partial charge is 0.208 e. The van der Waals surface area contributed by atoms with Gasteiger partial charge in [-0.15, -0.1) is 0 Å². The maximum Gasteiger partial charge on any atom is 0.208 e. The quantitative estimate of drug-likeness (QED) is 0.586. The fourth-order valence-corrected chi connectivity index (χ4v) is 3.86. The van der Waals surface area contributed by atoms with E-state index in [-0.39, 0.29) is 12.1 Å². The van der Waals surface area contributed by atoms with Crippen LogP contribution in [0.5, 0.6) is 0 Å². The van der Waals surface area contributed by atoms with E-state index in [1.54, 1.807) is 0 Å². The van der Waals surface area contributed by atoms with Crippen LogP contribution in [0.25, 0.3) is 0 Å². The second kappa shape index (κ2) is 8.93. The van der Waals surface area contributed by atoms with Gasteiger partial charge in [0.05, 0.1) is 12.1 Å². The normalized spacial score (nSPS) is 18.9. The molecule has 0 amide bonds. The molecule has 1 aromatic carbocycles. The first-order valence-electron chi connectivity index (χ1n) is 10.6. The first-order valence-corrected chi connectivity index (χ1v) is 10.6. The van der Waals surface area contributed by atoms with Gasteiger partial charge in [0, 0.05) is 36.9 Å². The van der Waals surface area contributed by atoms with Gasteiger partial charge in [-0.25, -0.2) is 0 Å². The Balaban J connectivity index is 1.85. The summed E-state index contributed by atoms with van der Waals surface area (Å²) in [5.74, 6) is 0. The van der Waals surface area contributed by atoms with Crippen molar-refractivity contribution in [3.8, 4) is 0 Å². The van der Waals surface area contributed by atoms with Crippen LogP contribution in [-0.2, 0) is 0 Å². The average Bonchev–Trinajstić information content (AvgIpc) is 3.34. The van der Waals surface area contributed by atoms with E-state index >= 15 is 0 Å². The lowest BCUT2D eigenvalue weighted by atomic mass is 9.91. The van der Waals surface area contributed by atoms with Crippen LogP contribution in [0.3, 0.4) is 0 Å². The van der Waals surface area contributed by atoms with Gasteiger partial charge in [-0.2, -0.15) is 0 Å². The molecular weight excluding hydrogens is 344 g/mol. The predicted molar refractivity (Wildman–Crippen MR) is 115 cm³/mol. The summed E-state index contributed by atoms with van der Waals surface area (Å²) in [6, 6.07) is 10.2. The van der Waals surface area contributed by atoms with Crippen molar-refractivity contribution >= 4 is 0 Å². The minimum absolute atomic E-state index is 0.276. The molecule has 150 valence electrons. The minimum atomic E-state index is 0.276. The van der Waals surface area contributed by atoms with Gasteiger partial charge in [-0.3, -0.25) is 0 Å². The van der Waals surface area contributed by atoms with Crippen molar-refractivity contribution in [3.63, 3.8) is 0 Å². The summed E-state index contributed by atoms with van der Waals surface area (Å²) < 4.78 is 0. The number of nitrogens with zero attached hydrogens (tertiary/aromatic N) is 4. The van der Waals surface area contributed by atoms with Gasteiger partial charge < -0.3 is 19.6 Å². The van der Waals surface area contributed by atoms with Gasteiger partial charge in [0.25, 0.3) is 0 Å². The number of rotatable bonds is 8. The summed E-state index contributed by atoms with van der Waals surface area (Å²) in [6.07, 6.45) is 10.6. The number of hydrogen-bond donors (Lipinski definition) is 0. The van der Waals surface area contributed by atoms with Crippen LogP contribution in [-0.4, -0.2) is 31.7 Å². The summed E-state index contributed by atoms with van der Waals surface area (Å²) in [5, 5.41) is 0. The molecule has 0 aromatic heterocycles. The highest BCUT2D eigenvalue weighted by molar-refractivity contribution is 5.34. The number of benzene rings is 1. The van der Waals surface area contributed by atoms with Crippen molar-refractivity contribution in [2.75, 3.05) is 0 Å². The van der Waals surface area contributed by atoms with Crippen molar-refractivity contribution in [3.05, 3.63) is 73.5 Å². The van der Waals surface area contributed by atoms with Crippen molar-refractivity contribution in [1.82, 2.24) is 19.6 Å². The van der Waals surface area contributed by atoms with Gasteiger partial charge in [0.1, 0.15) is 0 Å². The Morgan fingerprint density at radius 1 is 0.643 bits per heavy atom. The fourth-order valence-electron chi connectivity index (χ4n) is 3.86. The molecule has 4 radical (unpaired) electrons. The third kappa shape index (κ3) is 4.16. The Morgan fingerprint density at radius 2 is 1.00 bits per heavy atom. The van der Waals surface area contributed by atoms with E-state index in [1.165, 1.54) is 11.1 Å².